The molecule has 3 rings (SSSR count). The molecule has 7 heteroatoms. The maximum atomic E-state index is 13.0. The highest BCUT2D eigenvalue weighted by molar-refractivity contribution is 7.89. The Hall–Kier alpha value is -3.16. The molecule has 6 nitrogen and oxygen atoms in total. The highest BCUT2D eigenvalue weighted by Gasteiger charge is 2.22. The van der Waals surface area contributed by atoms with Crippen molar-refractivity contribution in [2.75, 3.05) is 13.7 Å². The summed E-state index contributed by atoms with van der Waals surface area (Å²) in [7, 11) is -2.54. The van der Waals surface area contributed by atoms with Crippen LogP contribution >= 0.6 is 0 Å². The zero-order valence-electron chi connectivity index (χ0n) is 15.8. The molecule has 0 heterocycles. The molecule has 3 aromatic carbocycles. The van der Waals surface area contributed by atoms with Crippen LogP contribution in [0.15, 0.2) is 89.8 Å². The van der Waals surface area contributed by atoms with E-state index in [0.29, 0.717) is 5.75 Å². The maximum absolute atomic E-state index is 13.0. The van der Waals surface area contributed by atoms with Gasteiger partial charge in [0.1, 0.15) is 5.75 Å². The first kappa shape index (κ1) is 20.6. The van der Waals surface area contributed by atoms with E-state index >= 15 is 0 Å². The molecule has 0 fully saturated rings. The third kappa shape index (κ3) is 5.43. The lowest BCUT2D eigenvalue weighted by Gasteiger charge is -2.20. The second-order valence-corrected chi connectivity index (χ2v) is 7.93. The Balaban J connectivity index is 1.83. The van der Waals surface area contributed by atoms with E-state index in [-0.39, 0.29) is 11.5 Å². The van der Waals surface area contributed by atoms with Crippen LogP contribution in [-0.4, -0.2) is 28.1 Å². The van der Waals surface area contributed by atoms with E-state index in [1.54, 1.807) is 0 Å². The Morgan fingerprint density at radius 3 is 1.86 bits per heavy atom. The van der Waals surface area contributed by atoms with Gasteiger partial charge in [0, 0.05) is 0 Å². The molecule has 0 bridgehead atoms. The minimum atomic E-state index is -3.81. The molecular formula is C22H21NO5S. The topological polar surface area (TPSA) is 81.7 Å². The van der Waals surface area contributed by atoms with Gasteiger partial charge in [-0.1, -0.05) is 60.7 Å². The number of hydrogen-bond donors (Lipinski definition) is 1. The van der Waals surface area contributed by atoms with Gasteiger partial charge < -0.3 is 9.47 Å². The third-order valence-electron chi connectivity index (χ3n) is 4.26. The van der Waals surface area contributed by atoms with Crippen LogP contribution in [0.5, 0.6) is 5.75 Å². The Morgan fingerprint density at radius 1 is 0.862 bits per heavy atom. The number of methoxy groups -OCH3 is 1. The summed E-state index contributed by atoms with van der Waals surface area (Å²) in [5.41, 5.74) is 1.67. The van der Waals surface area contributed by atoms with Gasteiger partial charge in [-0.25, -0.2) is 13.2 Å². The highest BCUT2D eigenvalue weighted by Crippen LogP contribution is 2.25. The van der Waals surface area contributed by atoms with Crippen LogP contribution in [0.3, 0.4) is 0 Å². The van der Waals surface area contributed by atoms with Crippen LogP contribution in [0.4, 0.5) is 0 Å². The number of nitrogens with one attached hydrogen (secondary N) is 1. The number of rotatable bonds is 8. The largest absolute Gasteiger partial charge is 0.482 e. The van der Waals surface area contributed by atoms with Crippen LogP contribution in [-0.2, 0) is 19.6 Å². The van der Waals surface area contributed by atoms with Crippen molar-refractivity contribution in [3.05, 3.63) is 96.1 Å². The van der Waals surface area contributed by atoms with Crippen LogP contribution in [0.25, 0.3) is 0 Å². The second-order valence-electron chi connectivity index (χ2n) is 6.21. The predicted octanol–water partition coefficient (Wildman–Crippen LogP) is 3.31. The Kier molecular flexibility index (Phi) is 6.64. The molecule has 0 saturated heterocycles. The molecular weight excluding hydrogens is 390 g/mol. The maximum Gasteiger partial charge on any atom is 0.343 e. The van der Waals surface area contributed by atoms with Crippen LogP contribution < -0.4 is 9.46 Å². The SMILES string of the molecule is COC(=O)COc1ccc(S(=O)(=O)NC(c2ccccc2)c2ccccc2)cc1. The number of benzene rings is 3. The van der Waals surface area contributed by atoms with Gasteiger partial charge >= 0.3 is 5.97 Å². The van der Waals surface area contributed by atoms with E-state index in [4.69, 9.17) is 4.74 Å². The molecule has 0 aliphatic rings. The number of esters is 1. The molecule has 0 aliphatic carbocycles. The van der Waals surface area contributed by atoms with Gasteiger partial charge in [0.2, 0.25) is 10.0 Å². The van der Waals surface area contributed by atoms with Crippen molar-refractivity contribution in [1.82, 2.24) is 4.72 Å². The minimum absolute atomic E-state index is 0.0970. The first-order valence-corrected chi connectivity index (χ1v) is 10.4. The van der Waals surface area contributed by atoms with Gasteiger partial charge in [-0.3, -0.25) is 0 Å². The van der Waals surface area contributed by atoms with Gasteiger partial charge in [0.25, 0.3) is 0 Å². The van der Waals surface area contributed by atoms with Crippen LogP contribution in [0, 0.1) is 0 Å². The van der Waals surface area contributed by atoms with Crippen molar-refractivity contribution in [1.29, 1.82) is 0 Å². The van der Waals surface area contributed by atoms with Crippen LogP contribution in [0.1, 0.15) is 17.2 Å². The smallest absolute Gasteiger partial charge is 0.343 e. The van der Waals surface area contributed by atoms with E-state index in [1.165, 1.54) is 31.4 Å². The molecule has 0 unspecified atom stereocenters. The third-order valence-corrected chi connectivity index (χ3v) is 5.70. The van der Waals surface area contributed by atoms with Crippen molar-refractivity contribution in [3.63, 3.8) is 0 Å². The summed E-state index contributed by atoms with van der Waals surface area (Å²) in [4.78, 5) is 11.2. The molecule has 1 N–H and O–H groups in total. The summed E-state index contributed by atoms with van der Waals surface area (Å²) in [5.74, 6) is -0.144. The summed E-state index contributed by atoms with van der Waals surface area (Å²) in [5, 5.41) is 0. The van der Waals surface area contributed by atoms with E-state index < -0.39 is 22.0 Å². The van der Waals surface area contributed by atoms with Gasteiger partial charge in [-0.05, 0) is 35.4 Å². The lowest BCUT2D eigenvalue weighted by Crippen LogP contribution is -2.29. The Bertz CT molecular complexity index is 996. The Labute approximate surface area is 170 Å². The minimum Gasteiger partial charge on any atom is -0.482 e. The molecule has 0 aliphatic heterocycles. The van der Waals surface area contributed by atoms with E-state index in [9.17, 15) is 13.2 Å². The number of sulfonamides is 1. The van der Waals surface area contributed by atoms with Gasteiger partial charge in [-0.15, -0.1) is 0 Å². The first-order chi connectivity index (χ1) is 14.0. The first-order valence-electron chi connectivity index (χ1n) is 8.91. The standard InChI is InChI=1S/C22H21NO5S/c1-27-21(24)16-28-19-12-14-20(15-13-19)29(25,26)23-22(17-8-4-2-5-9-17)18-10-6-3-7-11-18/h2-15,22-23H,16H2,1H3. The molecule has 0 amide bonds. The average molecular weight is 411 g/mol. The molecule has 29 heavy (non-hydrogen) atoms. The highest BCUT2D eigenvalue weighted by atomic mass is 32.2. The number of hydrogen-bond acceptors (Lipinski definition) is 5. The molecule has 0 aromatic heterocycles. The van der Waals surface area contributed by atoms with E-state index in [0.717, 1.165) is 11.1 Å². The molecule has 0 radical (unpaired) electrons. The fourth-order valence-corrected chi connectivity index (χ4v) is 3.97. The summed E-state index contributed by atoms with van der Waals surface area (Å²) in [6.07, 6.45) is 0. The predicted molar refractivity (Wildman–Crippen MR) is 109 cm³/mol. The fraction of sp³-hybridized carbons (Fsp3) is 0.136. The molecule has 0 saturated carbocycles. The molecule has 0 atom stereocenters. The summed E-state index contributed by atoms with van der Waals surface area (Å²) < 4.78 is 38.5. The van der Waals surface area contributed by atoms with Crippen LogP contribution in [0.2, 0.25) is 0 Å². The molecule has 0 spiro atoms. The second kappa shape index (κ2) is 9.36. The van der Waals surface area contributed by atoms with E-state index in [1.807, 2.05) is 60.7 Å². The van der Waals surface area contributed by atoms with E-state index in [2.05, 4.69) is 9.46 Å². The summed E-state index contributed by atoms with van der Waals surface area (Å²) in [6, 6.07) is 24.1. The van der Waals surface area contributed by atoms with Crippen molar-refractivity contribution in [2.45, 2.75) is 10.9 Å². The van der Waals surface area contributed by atoms with Crippen molar-refractivity contribution < 1.29 is 22.7 Å². The van der Waals surface area contributed by atoms with Crippen molar-refractivity contribution in [3.8, 4) is 5.75 Å². The zero-order chi connectivity index (χ0) is 20.7. The molecule has 3 aromatic rings. The van der Waals surface area contributed by atoms with Gasteiger partial charge in [0.05, 0.1) is 18.0 Å². The molecule has 150 valence electrons. The monoisotopic (exact) mass is 411 g/mol. The lowest BCUT2D eigenvalue weighted by atomic mass is 10.00. The van der Waals surface area contributed by atoms with Gasteiger partial charge in [0.15, 0.2) is 6.61 Å². The lowest BCUT2D eigenvalue weighted by molar-refractivity contribution is -0.142. The summed E-state index contributed by atoms with van der Waals surface area (Å²) >= 11 is 0. The average Bonchev–Trinajstić information content (AvgIpc) is 2.77. The number of carbonyl (C=O) groups excluding carboxylic acids is 1. The summed E-state index contributed by atoms with van der Waals surface area (Å²) in [6.45, 7) is -0.245. The zero-order valence-corrected chi connectivity index (χ0v) is 16.6. The Morgan fingerprint density at radius 2 is 1.38 bits per heavy atom. The number of ether oxygens (including phenoxy) is 2. The quantitative estimate of drug-likeness (QED) is 0.575. The fourth-order valence-electron chi connectivity index (χ4n) is 2.76. The normalized spacial score (nSPS) is 11.2. The van der Waals surface area contributed by atoms with Crippen molar-refractivity contribution in [2.24, 2.45) is 0 Å². The van der Waals surface area contributed by atoms with Crippen molar-refractivity contribution >= 4 is 16.0 Å². The number of carbonyl (C=O) groups is 1. The van der Waals surface area contributed by atoms with Gasteiger partial charge in [-0.2, -0.15) is 4.72 Å².